The zero-order chi connectivity index (χ0) is 8.97. The van der Waals surface area contributed by atoms with Crippen LogP contribution in [0.3, 0.4) is 0 Å². The van der Waals surface area contributed by atoms with Crippen molar-refractivity contribution < 1.29 is 9.53 Å². The quantitative estimate of drug-likeness (QED) is 0.607. The van der Waals surface area contributed by atoms with Gasteiger partial charge in [0.2, 0.25) is 0 Å². The minimum Gasteiger partial charge on any atom is -0.465 e. The predicted octanol–water partition coefficient (Wildman–Crippen LogP) is 2.47. The van der Waals surface area contributed by atoms with Crippen molar-refractivity contribution >= 4 is 33.2 Å². The van der Waals surface area contributed by atoms with Crippen molar-refractivity contribution in [3.63, 3.8) is 0 Å². The number of thiophene rings is 1. The second kappa shape index (κ2) is 4.62. The first-order valence-corrected chi connectivity index (χ1v) is 5.50. The molecule has 1 rings (SSSR count). The Morgan fingerprint density at radius 2 is 2.50 bits per heavy atom. The average Bonchev–Trinajstić information content (AvgIpc) is 2.52. The number of carbonyl (C=O) groups excluding carboxylic acids is 1. The van der Waals surface area contributed by atoms with Gasteiger partial charge in [-0.05, 0) is 23.4 Å². The van der Waals surface area contributed by atoms with E-state index >= 15 is 0 Å². The van der Waals surface area contributed by atoms with Gasteiger partial charge in [0, 0.05) is 5.33 Å². The molecule has 12 heavy (non-hydrogen) atoms. The first-order valence-electron chi connectivity index (χ1n) is 3.50. The van der Waals surface area contributed by atoms with Gasteiger partial charge in [0.1, 0.15) is 4.88 Å². The minimum absolute atomic E-state index is 0.235. The average molecular weight is 249 g/mol. The summed E-state index contributed by atoms with van der Waals surface area (Å²) in [6.07, 6.45) is 0.869. The Bertz CT molecular complexity index is 270. The molecule has 0 N–H and O–H groups in total. The molecule has 0 radical (unpaired) electrons. The number of methoxy groups -OCH3 is 1. The van der Waals surface area contributed by atoms with E-state index < -0.39 is 0 Å². The maximum atomic E-state index is 11.1. The molecule has 66 valence electrons. The summed E-state index contributed by atoms with van der Waals surface area (Å²) >= 11 is 4.76. The van der Waals surface area contributed by atoms with Crippen LogP contribution in [0.25, 0.3) is 0 Å². The van der Waals surface area contributed by atoms with Gasteiger partial charge in [-0.15, -0.1) is 11.3 Å². The van der Waals surface area contributed by atoms with Crippen LogP contribution >= 0.6 is 27.3 Å². The second-order valence-electron chi connectivity index (χ2n) is 2.21. The third-order valence-electron chi connectivity index (χ3n) is 1.48. The third kappa shape index (κ3) is 2.08. The van der Waals surface area contributed by atoms with Crippen LogP contribution in [0.15, 0.2) is 11.4 Å². The van der Waals surface area contributed by atoms with Crippen LogP contribution in [-0.4, -0.2) is 18.4 Å². The summed E-state index contributed by atoms with van der Waals surface area (Å²) in [6, 6.07) is 1.96. The number of hydrogen-bond donors (Lipinski definition) is 0. The highest BCUT2D eigenvalue weighted by Gasteiger charge is 2.11. The molecule has 1 aromatic rings. The van der Waals surface area contributed by atoms with E-state index in [1.165, 1.54) is 18.4 Å². The fourth-order valence-electron chi connectivity index (χ4n) is 0.906. The molecule has 0 amide bonds. The van der Waals surface area contributed by atoms with E-state index in [-0.39, 0.29) is 5.97 Å². The van der Waals surface area contributed by atoms with Crippen molar-refractivity contribution in [2.45, 2.75) is 6.42 Å². The maximum Gasteiger partial charge on any atom is 0.348 e. The van der Waals surface area contributed by atoms with Gasteiger partial charge >= 0.3 is 5.97 Å². The second-order valence-corrected chi connectivity index (χ2v) is 3.91. The Kier molecular flexibility index (Phi) is 3.75. The van der Waals surface area contributed by atoms with Crippen molar-refractivity contribution in [3.05, 3.63) is 21.9 Å². The van der Waals surface area contributed by atoms with Crippen molar-refractivity contribution in [2.24, 2.45) is 0 Å². The summed E-state index contributed by atoms with van der Waals surface area (Å²) in [7, 11) is 1.40. The van der Waals surface area contributed by atoms with Gasteiger partial charge in [0.25, 0.3) is 0 Å². The van der Waals surface area contributed by atoms with Crippen molar-refractivity contribution in [3.8, 4) is 0 Å². The lowest BCUT2D eigenvalue weighted by atomic mass is 10.2. The Balaban J connectivity index is 2.83. The standard InChI is InChI=1S/C8H9BrO2S/c1-11-8(10)7-6(2-4-9)3-5-12-7/h3,5H,2,4H2,1H3. The molecule has 0 spiro atoms. The molecule has 1 heterocycles. The molecule has 0 aliphatic carbocycles. The molecule has 4 heteroatoms. The van der Waals surface area contributed by atoms with Gasteiger partial charge in [-0.2, -0.15) is 0 Å². The Hall–Kier alpha value is -0.350. The predicted molar refractivity (Wildman–Crippen MR) is 53.2 cm³/mol. The molecule has 0 fully saturated rings. The lowest BCUT2D eigenvalue weighted by Gasteiger charge is -1.98. The summed E-state index contributed by atoms with van der Waals surface area (Å²) < 4.78 is 4.64. The summed E-state index contributed by atoms with van der Waals surface area (Å²) in [5.41, 5.74) is 1.06. The third-order valence-corrected chi connectivity index (χ3v) is 2.81. The fourth-order valence-corrected chi connectivity index (χ4v) is 2.20. The van der Waals surface area contributed by atoms with Crippen LogP contribution in [0.2, 0.25) is 0 Å². The van der Waals surface area contributed by atoms with Crippen LogP contribution in [-0.2, 0) is 11.2 Å². The smallest absolute Gasteiger partial charge is 0.348 e. The van der Waals surface area contributed by atoms with E-state index in [2.05, 4.69) is 20.7 Å². The van der Waals surface area contributed by atoms with E-state index in [9.17, 15) is 4.79 Å². The molecule has 0 atom stereocenters. The summed E-state index contributed by atoms with van der Waals surface area (Å²) in [5, 5.41) is 2.78. The molecule has 0 saturated carbocycles. The molecule has 0 unspecified atom stereocenters. The van der Waals surface area contributed by atoms with Gasteiger partial charge in [-0.25, -0.2) is 4.79 Å². The van der Waals surface area contributed by atoms with Crippen LogP contribution in [0, 0.1) is 0 Å². The molecule has 0 bridgehead atoms. The van der Waals surface area contributed by atoms with Crippen molar-refractivity contribution in [1.82, 2.24) is 0 Å². The minimum atomic E-state index is -0.235. The van der Waals surface area contributed by atoms with Crippen LogP contribution in [0.5, 0.6) is 0 Å². The molecule has 0 aromatic carbocycles. The molecule has 0 saturated heterocycles. The normalized spacial score (nSPS) is 9.83. The van der Waals surface area contributed by atoms with E-state index in [1.54, 1.807) is 0 Å². The number of halogens is 1. The van der Waals surface area contributed by atoms with Crippen LogP contribution in [0.1, 0.15) is 15.2 Å². The maximum absolute atomic E-state index is 11.1. The van der Waals surface area contributed by atoms with E-state index in [0.717, 1.165) is 22.2 Å². The summed E-state index contributed by atoms with van der Waals surface area (Å²) in [5.74, 6) is -0.235. The topological polar surface area (TPSA) is 26.3 Å². The number of ether oxygens (including phenoxy) is 1. The fraction of sp³-hybridized carbons (Fsp3) is 0.375. The summed E-state index contributed by atoms with van der Waals surface area (Å²) in [6.45, 7) is 0. The van der Waals surface area contributed by atoms with E-state index in [4.69, 9.17) is 0 Å². The molecule has 1 aromatic heterocycles. The van der Waals surface area contributed by atoms with Crippen molar-refractivity contribution in [2.75, 3.05) is 12.4 Å². The molecular weight excluding hydrogens is 240 g/mol. The highest BCUT2D eigenvalue weighted by atomic mass is 79.9. The molecule has 2 nitrogen and oxygen atoms in total. The van der Waals surface area contributed by atoms with Crippen LogP contribution < -0.4 is 0 Å². The molecule has 0 aliphatic heterocycles. The number of rotatable bonds is 3. The zero-order valence-electron chi connectivity index (χ0n) is 6.67. The lowest BCUT2D eigenvalue weighted by Crippen LogP contribution is -2.01. The van der Waals surface area contributed by atoms with Gasteiger partial charge in [0.15, 0.2) is 0 Å². The van der Waals surface area contributed by atoms with Gasteiger partial charge in [-0.3, -0.25) is 0 Å². The monoisotopic (exact) mass is 248 g/mol. The largest absolute Gasteiger partial charge is 0.465 e. The Morgan fingerprint density at radius 1 is 1.75 bits per heavy atom. The number of aryl methyl sites for hydroxylation is 1. The first kappa shape index (κ1) is 9.74. The molecule has 0 aliphatic rings. The first-order chi connectivity index (χ1) is 5.79. The van der Waals surface area contributed by atoms with Gasteiger partial charge < -0.3 is 4.74 Å². The highest BCUT2D eigenvalue weighted by Crippen LogP contribution is 2.18. The van der Waals surface area contributed by atoms with Crippen LogP contribution in [0.4, 0.5) is 0 Å². The zero-order valence-corrected chi connectivity index (χ0v) is 9.07. The lowest BCUT2D eigenvalue weighted by molar-refractivity contribution is 0.0605. The Labute approximate surface area is 83.7 Å². The Morgan fingerprint density at radius 3 is 3.08 bits per heavy atom. The number of hydrogen-bond acceptors (Lipinski definition) is 3. The number of esters is 1. The summed E-state index contributed by atoms with van der Waals surface area (Å²) in [4.78, 5) is 11.9. The van der Waals surface area contributed by atoms with E-state index in [0.29, 0.717) is 0 Å². The number of alkyl halides is 1. The van der Waals surface area contributed by atoms with Gasteiger partial charge in [-0.1, -0.05) is 15.9 Å². The number of carbonyl (C=O) groups is 1. The van der Waals surface area contributed by atoms with E-state index in [1.807, 2.05) is 11.4 Å². The van der Waals surface area contributed by atoms with Crippen molar-refractivity contribution in [1.29, 1.82) is 0 Å². The SMILES string of the molecule is COC(=O)c1sccc1CCBr. The highest BCUT2D eigenvalue weighted by molar-refractivity contribution is 9.09. The molecular formula is C8H9BrO2S. The van der Waals surface area contributed by atoms with Gasteiger partial charge in [0.05, 0.1) is 7.11 Å².